The van der Waals surface area contributed by atoms with Gasteiger partial charge in [-0.3, -0.25) is 9.59 Å². The van der Waals surface area contributed by atoms with Crippen LogP contribution in [0.25, 0.3) is 0 Å². The van der Waals surface area contributed by atoms with Crippen LogP contribution in [0, 0.1) is 0 Å². The predicted octanol–water partition coefficient (Wildman–Crippen LogP) is 2.91. The van der Waals surface area contributed by atoms with Gasteiger partial charge in [-0.1, -0.05) is 12.1 Å². The van der Waals surface area contributed by atoms with Crippen LogP contribution in [0.2, 0.25) is 0 Å². The van der Waals surface area contributed by atoms with Crippen LogP contribution in [-0.4, -0.2) is 31.6 Å². The largest absolute Gasteiger partial charge is 0.497 e. The highest BCUT2D eigenvalue weighted by Crippen LogP contribution is 2.21. The minimum absolute atomic E-state index is 0.167. The van der Waals surface area contributed by atoms with E-state index in [-0.39, 0.29) is 11.8 Å². The average Bonchev–Trinajstić information content (AvgIpc) is 3.13. The van der Waals surface area contributed by atoms with E-state index in [1.54, 1.807) is 43.2 Å². The molecule has 142 valence electrons. The van der Waals surface area contributed by atoms with Crippen LogP contribution in [0.4, 0.5) is 5.69 Å². The smallest absolute Gasteiger partial charge is 0.261 e. The van der Waals surface area contributed by atoms with E-state index in [0.29, 0.717) is 18.7 Å². The molecule has 1 aliphatic rings. The Bertz CT molecular complexity index is 787. The third kappa shape index (κ3) is 4.78. The molecule has 0 saturated carbocycles. The standard InChI is InChI=1S/C21H24N2O4/c1-15(27-19-11-9-18(26-2)10-12-19)21(25)22-14-16-5-7-17(8-6-16)23-13-3-4-20(23)24/h5-12,15H,3-4,13-14H2,1-2H3,(H,22,25)/t15-/m1/s1. The SMILES string of the molecule is COc1ccc(O[C@H](C)C(=O)NCc2ccc(N3CCCC3=O)cc2)cc1. The summed E-state index contributed by atoms with van der Waals surface area (Å²) in [6.45, 7) is 2.89. The van der Waals surface area contributed by atoms with E-state index in [9.17, 15) is 9.59 Å². The Hall–Kier alpha value is -3.02. The topological polar surface area (TPSA) is 67.9 Å². The van der Waals surface area contributed by atoms with Gasteiger partial charge in [-0.05, 0) is 55.3 Å². The van der Waals surface area contributed by atoms with Crippen LogP contribution in [0.3, 0.4) is 0 Å². The van der Waals surface area contributed by atoms with Crippen LogP contribution in [0.15, 0.2) is 48.5 Å². The zero-order valence-corrected chi connectivity index (χ0v) is 15.6. The molecule has 3 rings (SSSR count). The zero-order chi connectivity index (χ0) is 19.2. The van der Waals surface area contributed by atoms with Gasteiger partial charge in [-0.15, -0.1) is 0 Å². The number of methoxy groups -OCH3 is 1. The first-order valence-corrected chi connectivity index (χ1v) is 9.04. The van der Waals surface area contributed by atoms with Crippen molar-refractivity contribution >= 4 is 17.5 Å². The molecule has 0 unspecified atom stereocenters. The maximum atomic E-state index is 12.2. The molecule has 0 radical (unpaired) electrons. The molecule has 1 saturated heterocycles. The van der Waals surface area contributed by atoms with Gasteiger partial charge in [0.2, 0.25) is 5.91 Å². The van der Waals surface area contributed by atoms with Crippen molar-refractivity contribution in [3.05, 3.63) is 54.1 Å². The lowest BCUT2D eigenvalue weighted by Crippen LogP contribution is -2.35. The van der Waals surface area contributed by atoms with Gasteiger partial charge in [0.05, 0.1) is 7.11 Å². The van der Waals surface area contributed by atoms with Gasteiger partial charge in [-0.2, -0.15) is 0 Å². The van der Waals surface area contributed by atoms with Crippen LogP contribution in [-0.2, 0) is 16.1 Å². The fourth-order valence-corrected chi connectivity index (χ4v) is 2.96. The first-order chi connectivity index (χ1) is 13.1. The van der Waals surface area contributed by atoms with E-state index in [2.05, 4.69) is 5.32 Å². The molecule has 6 heteroatoms. The summed E-state index contributed by atoms with van der Waals surface area (Å²) in [6, 6.07) is 14.8. The van der Waals surface area contributed by atoms with Crippen LogP contribution < -0.4 is 19.7 Å². The van der Waals surface area contributed by atoms with Crippen molar-refractivity contribution in [2.75, 3.05) is 18.6 Å². The van der Waals surface area contributed by atoms with Crippen LogP contribution in [0.5, 0.6) is 11.5 Å². The van der Waals surface area contributed by atoms with Gasteiger partial charge >= 0.3 is 0 Å². The monoisotopic (exact) mass is 368 g/mol. The lowest BCUT2D eigenvalue weighted by atomic mass is 10.2. The molecule has 27 heavy (non-hydrogen) atoms. The molecule has 1 fully saturated rings. The van der Waals surface area contributed by atoms with Crippen molar-refractivity contribution in [3.8, 4) is 11.5 Å². The van der Waals surface area contributed by atoms with Crippen LogP contribution >= 0.6 is 0 Å². The Morgan fingerprint density at radius 3 is 2.37 bits per heavy atom. The molecule has 0 spiro atoms. The quantitative estimate of drug-likeness (QED) is 0.816. The number of benzene rings is 2. The lowest BCUT2D eigenvalue weighted by Gasteiger charge is -2.17. The molecule has 1 atom stereocenters. The summed E-state index contributed by atoms with van der Waals surface area (Å²) in [5, 5.41) is 2.87. The summed E-state index contributed by atoms with van der Waals surface area (Å²) in [5.74, 6) is 1.32. The van der Waals surface area contributed by atoms with Gasteiger partial charge in [0.1, 0.15) is 11.5 Å². The van der Waals surface area contributed by atoms with Crippen molar-refractivity contribution in [1.29, 1.82) is 0 Å². The third-order valence-electron chi connectivity index (χ3n) is 4.53. The Kier molecular flexibility index (Phi) is 5.96. The summed E-state index contributed by atoms with van der Waals surface area (Å²) in [4.78, 5) is 25.8. The van der Waals surface area contributed by atoms with E-state index in [0.717, 1.165) is 30.0 Å². The van der Waals surface area contributed by atoms with Gasteiger partial charge in [0.25, 0.3) is 5.91 Å². The van der Waals surface area contributed by atoms with Crippen molar-refractivity contribution in [2.24, 2.45) is 0 Å². The van der Waals surface area contributed by atoms with Crippen molar-refractivity contribution < 1.29 is 19.1 Å². The summed E-state index contributed by atoms with van der Waals surface area (Å²) in [6.07, 6.45) is 0.909. The van der Waals surface area contributed by atoms with Crippen LogP contribution in [0.1, 0.15) is 25.3 Å². The molecular weight excluding hydrogens is 344 g/mol. The Morgan fingerprint density at radius 1 is 1.11 bits per heavy atom. The van der Waals surface area contributed by atoms with E-state index in [4.69, 9.17) is 9.47 Å². The molecule has 2 aromatic rings. The Balaban J connectivity index is 1.49. The number of nitrogens with zero attached hydrogens (tertiary/aromatic N) is 1. The highest BCUT2D eigenvalue weighted by Gasteiger charge is 2.21. The first kappa shape index (κ1) is 18.8. The van der Waals surface area contributed by atoms with Crippen molar-refractivity contribution in [2.45, 2.75) is 32.4 Å². The number of hydrogen-bond acceptors (Lipinski definition) is 4. The second-order valence-electron chi connectivity index (χ2n) is 6.47. The number of rotatable bonds is 7. The van der Waals surface area contributed by atoms with Gasteiger partial charge < -0.3 is 19.7 Å². The molecule has 1 heterocycles. The van der Waals surface area contributed by atoms with E-state index in [1.807, 2.05) is 24.3 Å². The fraction of sp³-hybridized carbons (Fsp3) is 0.333. The molecule has 0 aliphatic carbocycles. The molecule has 2 aromatic carbocycles. The lowest BCUT2D eigenvalue weighted by molar-refractivity contribution is -0.127. The first-order valence-electron chi connectivity index (χ1n) is 9.04. The number of nitrogens with one attached hydrogen (secondary N) is 1. The van der Waals surface area contributed by atoms with E-state index >= 15 is 0 Å². The molecule has 0 aromatic heterocycles. The fourth-order valence-electron chi connectivity index (χ4n) is 2.96. The predicted molar refractivity (Wildman–Crippen MR) is 103 cm³/mol. The minimum atomic E-state index is -0.611. The molecule has 6 nitrogen and oxygen atoms in total. The highest BCUT2D eigenvalue weighted by molar-refractivity contribution is 5.95. The Morgan fingerprint density at radius 2 is 1.78 bits per heavy atom. The number of anilines is 1. The molecular formula is C21H24N2O4. The third-order valence-corrected chi connectivity index (χ3v) is 4.53. The maximum absolute atomic E-state index is 12.2. The Labute approximate surface area is 159 Å². The van der Waals surface area contributed by atoms with Gasteiger partial charge in [0, 0.05) is 25.2 Å². The van der Waals surface area contributed by atoms with Crippen molar-refractivity contribution in [3.63, 3.8) is 0 Å². The molecule has 0 bridgehead atoms. The molecule has 1 aliphatic heterocycles. The van der Waals surface area contributed by atoms with Gasteiger partial charge in [-0.25, -0.2) is 0 Å². The summed E-state index contributed by atoms with van der Waals surface area (Å²) in [7, 11) is 1.60. The average molecular weight is 368 g/mol. The molecule has 2 amide bonds. The number of hydrogen-bond donors (Lipinski definition) is 1. The van der Waals surface area contributed by atoms with Gasteiger partial charge in [0.15, 0.2) is 6.10 Å². The van der Waals surface area contributed by atoms with E-state index in [1.165, 1.54) is 0 Å². The number of carbonyl (C=O) groups is 2. The normalized spacial score (nSPS) is 14.7. The number of amides is 2. The minimum Gasteiger partial charge on any atom is -0.497 e. The summed E-state index contributed by atoms with van der Waals surface area (Å²) in [5.41, 5.74) is 1.87. The summed E-state index contributed by atoms with van der Waals surface area (Å²) < 4.78 is 10.8. The second kappa shape index (κ2) is 8.58. The number of ether oxygens (including phenoxy) is 2. The zero-order valence-electron chi connectivity index (χ0n) is 15.6. The summed E-state index contributed by atoms with van der Waals surface area (Å²) >= 11 is 0. The second-order valence-corrected chi connectivity index (χ2v) is 6.47. The highest BCUT2D eigenvalue weighted by atomic mass is 16.5. The molecule has 1 N–H and O–H groups in total. The maximum Gasteiger partial charge on any atom is 0.261 e. The van der Waals surface area contributed by atoms with Crippen molar-refractivity contribution in [1.82, 2.24) is 5.32 Å². The van der Waals surface area contributed by atoms with E-state index < -0.39 is 6.10 Å². The number of carbonyl (C=O) groups excluding carboxylic acids is 2.